The Morgan fingerprint density at radius 3 is 2.86 bits per heavy atom. The summed E-state index contributed by atoms with van der Waals surface area (Å²) in [6, 6.07) is 5.79. The van der Waals surface area contributed by atoms with Crippen molar-refractivity contribution in [2.24, 2.45) is 5.41 Å². The van der Waals surface area contributed by atoms with E-state index in [0.29, 0.717) is 18.8 Å². The van der Waals surface area contributed by atoms with E-state index < -0.39 is 5.97 Å². The number of nitrogens with zero attached hydrogens (tertiary/aromatic N) is 3. The number of hydrogen-bond acceptors (Lipinski definition) is 5. The molecule has 1 aliphatic rings. The summed E-state index contributed by atoms with van der Waals surface area (Å²) in [6.45, 7) is 5.43. The molecule has 3 heterocycles. The largest absolute Gasteiger partial charge is 0.492 e. The third-order valence-corrected chi connectivity index (χ3v) is 5.16. The van der Waals surface area contributed by atoms with Crippen LogP contribution in [0.5, 0.6) is 5.75 Å². The minimum Gasteiger partial charge on any atom is -0.492 e. The molecule has 1 fully saturated rings. The van der Waals surface area contributed by atoms with Crippen LogP contribution in [0.1, 0.15) is 58.6 Å². The van der Waals surface area contributed by atoms with Gasteiger partial charge in [-0.25, -0.2) is 4.68 Å². The van der Waals surface area contributed by atoms with Crippen LogP contribution in [0.15, 0.2) is 30.6 Å². The first-order chi connectivity index (χ1) is 13.4. The van der Waals surface area contributed by atoms with Gasteiger partial charge in [0.15, 0.2) is 6.23 Å². The lowest BCUT2D eigenvalue weighted by Gasteiger charge is -2.24. The predicted molar refractivity (Wildman–Crippen MR) is 105 cm³/mol. The fourth-order valence-corrected chi connectivity index (χ4v) is 3.30. The Balaban J connectivity index is 1.56. The molecule has 0 radical (unpaired) electrons. The number of hydrogen-bond donors (Lipinski definition) is 1. The Labute approximate surface area is 165 Å². The number of carboxylic acid groups (broad SMARTS) is 1. The molecule has 0 aliphatic carbocycles. The molecule has 28 heavy (non-hydrogen) atoms. The fourth-order valence-electron chi connectivity index (χ4n) is 3.30. The zero-order valence-corrected chi connectivity index (χ0v) is 16.6. The molecule has 0 spiro atoms. The Bertz CT molecular complexity index is 764. The van der Waals surface area contributed by atoms with E-state index in [0.717, 1.165) is 43.7 Å². The van der Waals surface area contributed by atoms with Crippen molar-refractivity contribution in [3.8, 4) is 17.1 Å². The zero-order chi connectivity index (χ0) is 20.0. The summed E-state index contributed by atoms with van der Waals surface area (Å²) in [7, 11) is 0. The monoisotopic (exact) mass is 387 g/mol. The lowest BCUT2D eigenvalue weighted by molar-refractivity contribution is -0.137. The Kier molecular flexibility index (Phi) is 6.67. The molecule has 1 atom stereocenters. The summed E-state index contributed by atoms with van der Waals surface area (Å²) in [6.07, 6.45) is 8.29. The topological polar surface area (TPSA) is 86.5 Å². The highest BCUT2D eigenvalue weighted by Crippen LogP contribution is 2.29. The molecule has 7 nitrogen and oxygen atoms in total. The molecule has 0 bridgehead atoms. The van der Waals surface area contributed by atoms with E-state index >= 15 is 0 Å². The number of carbonyl (C=O) groups is 1. The summed E-state index contributed by atoms with van der Waals surface area (Å²) < 4.78 is 13.6. The predicted octanol–water partition coefficient (Wildman–Crippen LogP) is 4.30. The van der Waals surface area contributed by atoms with Gasteiger partial charge in [-0.05, 0) is 55.7 Å². The number of pyridine rings is 1. The maximum Gasteiger partial charge on any atom is 0.303 e. The number of aliphatic carboxylic acids is 1. The van der Waals surface area contributed by atoms with Crippen LogP contribution in [0, 0.1) is 5.41 Å². The molecule has 7 heteroatoms. The van der Waals surface area contributed by atoms with Crippen molar-refractivity contribution in [1.29, 1.82) is 0 Å². The van der Waals surface area contributed by atoms with Gasteiger partial charge in [0.25, 0.3) is 0 Å². The third-order valence-electron chi connectivity index (χ3n) is 5.16. The summed E-state index contributed by atoms with van der Waals surface area (Å²) >= 11 is 0. The molecule has 1 N–H and O–H groups in total. The van der Waals surface area contributed by atoms with Crippen molar-refractivity contribution in [1.82, 2.24) is 14.8 Å². The molecular weight excluding hydrogens is 358 g/mol. The summed E-state index contributed by atoms with van der Waals surface area (Å²) in [5.74, 6) is -0.0515. The summed E-state index contributed by atoms with van der Waals surface area (Å²) in [5, 5.41) is 13.3. The summed E-state index contributed by atoms with van der Waals surface area (Å²) in [4.78, 5) is 15.3. The van der Waals surface area contributed by atoms with Crippen molar-refractivity contribution in [2.45, 2.75) is 58.6 Å². The number of rotatable bonds is 9. The molecular formula is C21H29N3O4. The van der Waals surface area contributed by atoms with Crippen molar-refractivity contribution in [2.75, 3.05) is 13.2 Å². The van der Waals surface area contributed by atoms with Crippen LogP contribution >= 0.6 is 0 Å². The van der Waals surface area contributed by atoms with Crippen molar-refractivity contribution < 1.29 is 19.4 Å². The first kappa shape index (κ1) is 20.3. The number of ether oxygens (including phenoxy) is 2. The fraction of sp³-hybridized carbons (Fsp3) is 0.571. The average molecular weight is 387 g/mol. The highest BCUT2D eigenvalue weighted by Gasteiger charge is 2.21. The molecule has 2 aromatic rings. The lowest BCUT2D eigenvalue weighted by atomic mass is 9.85. The molecule has 1 unspecified atom stereocenters. The maximum atomic E-state index is 10.7. The smallest absolute Gasteiger partial charge is 0.303 e. The van der Waals surface area contributed by atoms with Gasteiger partial charge in [-0.15, -0.1) is 0 Å². The molecule has 1 aliphatic heterocycles. The van der Waals surface area contributed by atoms with E-state index in [2.05, 4.69) is 23.9 Å². The standard InChI is InChI=1S/C21H29N3O4/c1-21(2,10-8-20(25)26)11-14-27-16-6-7-17(22-15-16)18-9-12-23-24(18)19-5-3-4-13-28-19/h6-7,9,12,15,19H,3-5,8,10-11,13-14H2,1-2H3,(H,25,26). The quantitative estimate of drug-likeness (QED) is 0.690. The molecule has 1 saturated heterocycles. The highest BCUT2D eigenvalue weighted by molar-refractivity contribution is 5.66. The van der Waals surface area contributed by atoms with E-state index in [1.165, 1.54) is 0 Å². The maximum absolute atomic E-state index is 10.7. The highest BCUT2D eigenvalue weighted by atomic mass is 16.5. The van der Waals surface area contributed by atoms with Crippen molar-refractivity contribution >= 4 is 5.97 Å². The second kappa shape index (κ2) is 9.19. The van der Waals surface area contributed by atoms with Crippen LogP contribution in [0.4, 0.5) is 0 Å². The van der Waals surface area contributed by atoms with Gasteiger partial charge in [-0.2, -0.15) is 5.10 Å². The van der Waals surface area contributed by atoms with Crippen LogP contribution in [-0.4, -0.2) is 39.1 Å². The first-order valence-corrected chi connectivity index (χ1v) is 9.91. The minimum absolute atomic E-state index is 0.0236. The van der Waals surface area contributed by atoms with Gasteiger partial charge in [0.2, 0.25) is 0 Å². The second-order valence-electron chi connectivity index (χ2n) is 8.02. The Morgan fingerprint density at radius 2 is 2.18 bits per heavy atom. The lowest BCUT2D eigenvalue weighted by Crippen LogP contribution is -2.20. The van der Waals surface area contributed by atoms with Gasteiger partial charge in [0, 0.05) is 19.2 Å². The van der Waals surface area contributed by atoms with Gasteiger partial charge in [0.05, 0.1) is 24.2 Å². The first-order valence-electron chi connectivity index (χ1n) is 9.91. The van der Waals surface area contributed by atoms with Gasteiger partial charge < -0.3 is 14.6 Å². The minimum atomic E-state index is -0.758. The van der Waals surface area contributed by atoms with Crippen LogP contribution in [0.25, 0.3) is 11.4 Å². The van der Waals surface area contributed by atoms with E-state index in [1.807, 2.05) is 22.9 Å². The third kappa shape index (κ3) is 5.55. The number of carboxylic acids is 1. The van der Waals surface area contributed by atoms with Crippen molar-refractivity contribution in [3.63, 3.8) is 0 Å². The van der Waals surface area contributed by atoms with Crippen LogP contribution < -0.4 is 4.74 Å². The average Bonchev–Trinajstić information content (AvgIpc) is 3.17. The van der Waals surface area contributed by atoms with Crippen LogP contribution in [0.2, 0.25) is 0 Å². The molecule has 3 rings (SSSR count). The second-order valence-corrected chi connectivity index (χ2v) is 8.02. The van der Waals surface area contributed by atoms with Gasteiger partial charge in [-0.1, -0.05) is 13.8 Å². The molecule has 0 amide bonds. The van der Waals surface area contributed by atoms with E-state index in [9.17, 15) is 4.79 Å². The summed E-state index contributed by atoms with van der Waals surface area (Å²) in [5.41, 5.74) is 1.70. The Hall–Kier alpha value is -2.41. The normalized spacial score (nSPS) is 17.4. The molecule has 152 valence electrons. The van der Waals surface area contributed by atoms with Crippen molar-refractivity contribution in [3.05, 3.63) is 30.6 Å². The van der Waals surface area contributed by atoms with E-state index in [-0.39, 0.29) is 18.1 Å². The zero-order valence-electron chi connectivity index (χ0n) is 16.6. The van der Waals surface area contributed by atoms with Gasteiger partial charge in [-0.3, -0.25) is 9.78 Å². The molecule has 2 aromatic heterocycles. The van der Waals surface area contributed by atoms with E-state index in [4.69, 9.17) is 14.6 Å². The Morgan fingerprint density at radius 1 is 1.32 bits per heavy atom. The van der Waals surface area contributed by atoms with E-state index in [1.54, 1.807) is 12.4 Å². The SMILES string of the molecule is CC(C)(CCOc1ccc(-c2ccnn2C2CCCCO2)nc1)CCC(=O)O. The molecule has 0 aromatic carbocycles. The van der Waals surface area contributed by atoms with Crippen LogP contribution in [0.3, 0.4) is 0 Å². The molecule has 0 saturated carbocycles. The van der Waals surface area contributed by atoms with Crippen LogP contribution in [-0.2, 0) is 9.53 Å². The van der Waals surface area contributed by atoms with Gasteiger partial charge >= 0.3 is 5.97 Å². The number of aromatic nitrogens is 3. The van der Waals surface area contributed by atoms with Gasteiger partial charge in [0.1, 0.15) is 5.75 Å².